The molecule has 0 saturated carbocycles. The van der Waals surface area contributed by atoms with Crippen molar-refractivity contribution in [2.45, 2.75) is 23.9 Å². The summed E-state index contributed by atoms with van der Waals surface area (Å²) in [5.41, 5.74) is -1.21. The molecular weight excluding hydrogens is 471 g/mol. The van der Waals surface area contributed by atoms with Crippen LogP contribution in [-0.4, -0.2) is 45.0 Å². The molecule has 0 aromatic heterocycles. The summed E-state index contributed by atoms with van der Waals surface area (Å²) in [6.07, 6.45) is -4.48. The number of benzene rings is 2. The average molecular weight is 492 g/mol. The Hall–Kier alpha value is -2.30. The van der Waals surface area contributed by atoms with E-state index in [1.165, 1.54) is 6.07 Å². The minimum absolute atomic E-state index is 0.00280. The first-order valence-corrected chi connectivity index (χ1v) is 11.6. The van der Waals surface area contributed by atoms with Crippen LogP contribution in [0.25, 0.3) is 0 Å². The summed E-state index contributed by atoms with van der Waals surface area (Å²) in [4.78, 5) is 11.5. The van der Waals surface area contributed by atoms with Crippen molar-refractivity contribution in [3.63, 3.8) is 0 Å². The van der Waals surface area contributed by atoms with Crippen LogP contribution < -0.4 is 4.74 Å². The third kappa shape index (κ3) is 5.93. The number of ether oxygens (including phenoxy) is 2. The van der Waals surface area contributed by atoms with Gasteiger partial charge in [-0.3, -0.25) is 4.79 Å². The van der Waals surface area contributed by atoms with Gasteiger partial charge < -0.3 is 9.47 Å². The topological polar surface area (TPSA) is 72.9 Å². The first-order chi connectivity index (χ1) is 15.1. The largest absolute Gasteiger partial charge is 0.490 e. The highest BCUT2D eigenvalue weighted by Crippen LogP contribution is 2.36. The fraction of sp³-hybridized carbons (Fsp3) is 0.381. The van der Waals surface area contributed by atoms with Crippen molar-refractivity contribution in [1.29, 1.82) is 0 Å². The molecule has 174 valence electrons. The van der Waals surface area contributed by atoms with Gasteiger partial charge in [0.25, 0.3) is 0 Å². The van der Waals surface area contributed by atoms with Crippen molar-refractivity contribution in [2.24, 2.45) is 5.92 Å². The molecule has 0 N–H and O–H groups in total. The lowest BCUT2D eigenvalue weighted by molar-refractivity contribution is -0.150. The number of hydrogen-bond donors (Lipinski definition) is 0. The summed E-state index contributed by atoms with van der Waals surface area (Å²) in [7, 11) is -4.35. The van der Waals surface area contributed by atoms with E-state index < -0.39 is 38.5 Å². The maximum atomic E-state index is 13.2. The molecule has 11 heteroatoms. The summed E-state index contributed by atoms with van der Waals surface area (Å²) >= 11 is 5.86. The molecule has 0 atom stereocenters. The third-order valence-electron chi connectivity index (χ3n) is 4.99. The summed E-state index contributed by atoms with van der Waals surface area (Å²) in [6.45, 7) is -0.0308. The molecule has 1 aliphatic rings. The van der Waals surface area contributed by atoms with E-state index in [0.29, 0.717) is 10.8 Å². The number of hydrogen-bond acceptors (Lipinski definition) is 5. The Morgan fingerprint density at radius 1 is 1.06 bits per heavy atom. The number of piperidine rings is 1. The van der Waals surface area contributed by atoms with Crippen LogP contribution in [0.15, 0.2) is 53.4 Å². The Balaban J connectivity index is 1.52. The van der Waals surface area contributed by atoms with Gasteiger partial charge in [0.05, 0.1) is 16.4 Å². The number of esters is 1. The van der Waals surface area contributed by atoms with Crippen molar-refractivity contribution in [1.82, 2.24) is 4.31 Å². The minimum atomic E-state index is -4.79. The van der Waals surface area contributed by atoms with Crippen LogP contribution in [-0.2, 0) is 25.7 Å². The molecule has 0 aliphatic carbocycles. The predicted molar refractivity (Wildman–Crippen MR) is 111 cm³/mol. The van der Waals surface area contributed by atoms with Crippen molar-refractivity contribution in [3.05, 3.63) is 59.1 Å². The van der Waals surface area contributed by atoms with E-state index in [9.17, 15) is 26.4 Å². The van der Waals surface area contributed by atoms with E-state index in [2.05, 4.69) is 0 Å². The van der Waals surface area contributed by atoms with Gasteiger partial charge in [0.2, 0.25) is 10.0 Å². The maximum absolute atomic E-state index is 13.2. The fourth-order valence-corrected chi connectivity index (χ4v) is 5.24. The monoisotopic (exact) mass is 491 g/mol. The minimum Gasteiger partial charge on any atom is -0.490 e. The number of halogens is 4. The van der Waals surface area contributed by atoms with Gasteiger partial charge in [-0.15, -0.1) is 0 Å². The molecule has 0 radical (unpaired) electrons. The van der Waals surface area contributed by atoms with Crippen LogP contribution in [0, 0.1) is 5.92 Å². The quantitative estimate of drug-likeness (QED) is 0.424. The van der Waals surface area contributed by atoms with Crippen molar-refractivity contribution >= 4 is 27.6 Å². The lowest BCUT2D eigenvalue weighted by Crippen LogP contribution is -2.41. The van der Waals surface area contributed by atoms with E-state index in [4.69, 9.17) is 21.1 Å². The van der Waals surface area contributed by atoms with Crippen molar-refractivity contribution < 1.29 is 35.9 Å². The Morgan fingerprint density at radius 2 is 1.75 bits per heavy atom. The van der Waals surface area contributed by atoms with Crippen LogP contribution in [0.3, 0.4) is 0 Å². The Kier molecular flexibility index (Phi) is 7.68. The molecule has 2 aromatic carbocycles. The van der Waals surface area contributed by atoms with Gasteiger partial charge in [-0.2, -0.15) is 17.5 Å². The van der Waals surface area contributed by atoms with Gasteiger partial charge >= 0.3 is 12.1 Å². The Morgan fingerprint density at radius 3 is 2.41 bits per heavy atom. The molecule has 32 heavy (non-hydrogen) atoms. The SMILES string of the molecule is O=C(OCCOc1cccc(Cl)c1)C1CCN(S(=O)(=O)c2ccccc2C(F)(F)F)CC1. The molecule has 0 spiro atoms. The lowest BCUT2D eigenvalue weighted by atomic mass is 9.98. The second-order valence-electron chi connectivity index (χ2n) is 7.15. The standard InChI is InChI=1S/C21H21ClF3NO5S/c22-16-4-3-5-17(14-16)30-12-13-31-20(27)15-8-10-26(11-9-15)32(28,29)19-7-2-1-6-18(19)21(23,24)25/h1-7,14-15H,8-13H2. The van der Waals surface area contributed by atoms with Gasteiger partial charge in [0, 0.05) is 18.1 Å². The number of carbonyl (C=O) groups excluding carboxylic acids is 1. The Labute approximate surface area is 188 Å². The Bertz CT molecular complexity index is 1050. The molecule has 1 fully saturated rings. The molecular formula is C21H21ClF3NO5S. The van der Waals surface area contributed by atoms with Crippen LogP contribution in [0.5, 0.6) is 5.75 Å². The van der Waals surface area contributed by atoms with E-state index in [1.54, 1.807) is 24.3 Å². The number of carbonyl (C=O) groups is 1. The van der Waals surface area contributed by atoms with E-state index in [-0.39, 0.29) is 39.1 Å². The van der Waals surface area contributed by atoms with Gasteiger partial charge in [0.1, 0.15) is 19.0 Å². The van der Waals surface area contributed by atoms with E-state index >= 15 is 0 Å². The van der Waals surface area contributed by atoms with Crippen molar-refractivity contribution in [3.8, 4) is 5.75 Å². The van der Waals surface area contributed by atoms with Crippen LogP contribution in [0.1, 0.15) is 18.4 Å². The third-order valence-corrected chi connectivity index (χ3v) is 7.18. The number of nitrogens with zero attached hydrogens (tertiary/aromatic N) is 1. The second-order valence-corrected chi connectivity index (χ2v) is 9.49. The molecule has 0 bridgehead atoms. The highest BCUT2D eigenvalue weighted by molar-refractivity contribution is 7.89. The molecule has 3 rings (SSSR count). The normalized spacial score (nSPS) is 16.0. The zero-order chi connectivity index (χ0) is 23.4. The van der Waals surface area contributed by atoms with Crippen LogP contribution in [0.4, 0.5) is 13.2 Å². The summed E-state index contributed by atoms with van der Waals surface area (Å²) in [5.74, 6) is -0.496. The van der Waals surface area contributed by atoms with Crippen molar-refractivity contribution in [2.75, 3.05) is 26.3 Å². The summed E-state index contributed by atoms with van der Waals surface area (Å²) < 4.78 is 76.9. The lowest BCUT2D eigenvalue weighted by Gasteiger charge is -2.30. The molecule has 0 unspecified atom stereocenters. The summed E-state index contributed by atoms with van der Waals surface area (Å²) in [6, 6.07) is 10.8. The van der Waals surface area contributed by atoms with Gasteiger partial charge in [-0.25, -0.2) is 8.42 Å². The maximum Gasteiger partial charge on any atom is 0.417 e. The fourth-order valence-electron chi connectivity index (χ4n) is 3.37. The number of rotatable bonds is 7. The highest BCUT2D eigenvalue weighted by Gasteiger charge is 2.40. The zero-order valence-corrected chi connectivity index (χ0v) is 18.4. The zero-order valence-electron chi connectivity index (χ0n) is 16.8. The van der Waals surface area contributed by atoms with E-state index in [1.807, 2.05) is 0 Å². The molecule has 6 nitrogen and oxygen atoms in total. The first-order valence-electron chi connectivity index (χ1n) is 9.80. The predicted octanol–water partition coefficient (Wildman–Crippen LogP) is 4.38. The van der Waals surface area contributed by atoms with Crippen LogP contribution >= 0.6 is 11.6 Å². The van der Waals surface area contributed by atoms with Gasteiger partial charge in [-0.1, -0.05) is 29.8 Å². The number of sulfonamides is 1. The van der Waals surface area contributed by atoms with Crippen LogP contribution in [0.2, 0.25) is 5.02 Å². The van der Waals surface area contributed by atoms with E-state index in [0.717, 1.165) is 22.5 Å². The summed E-state index contributed by atoms with van der Waals surface area (Å²) in [5, 5.41) is 0.513. The molecule has 1 heterocycles. The van der Waals surface area contributed by atoms with Gasteiger partial charge in [0.15, 0.2) is 0 Å². The second kappa shape index (κ2) is 10.1. The highest BCUT2D eigenvalue weighted by atomic mass is 35.5. The smallest absolute Gasteiger partial charge is 0.417 e. The first kappa shape index (κ1) is 24.3. The van der Waals surface area contributed by atoms with Gasteiger partial charge in [-0.05, 0) is 43.2 Å². The molecule has 0 amide bonds. The molecule has 2 aromatic rings. The molecule has 1 aliphatic heterocycles. The molecule has 1 saturated heterocycles. The average Bonchev–Trinajstić information content (AvgIpc) is 2.76. The number of alkyl halides is 3.